The van der Waals surface area contributed by atoms with E-state index in [9.17, 15) is 0 Å². The Labute approximate surface area is 214 Å². The van der Waals surface area contributed by atoms with E-state index in [0.29, 0.717) is 39.6 Å². The molecule has 34 heavy (non-hydrogen) atoms. The Morgan fingerprint density at radius 2 is 0.559 bits per heavy atom. The molecular formula is C26H58O6Si2. The fraction of sp³-hybridized carbons (Fsp3) is 1.00. The van der Waals surface area contributed by atoms with Crippen LogP contribution in [0.5, 0.6) is 0 Å². The molecule has 206 valence electrons. The molecule has 0 atom stereocenters. The predicted molar refractivity (Wildman–Crippen MR) is 146 cm³/mol. The highest BCUT2D eigenvalue weighted by Gasteiger charge is 2.63. The summed E-state index contributed by atoms with van der Waals surface area (Å²) in [6, 6.07) is 0. The molecule has 0 aliphatic carbocycles. The molecule has 8 heteroatoms. The molecule has 0 saturated carbocycles. The van der Waals surface area contributed by atoms with E-state index < -0.39 is 17.6 Å². The lowest BCUT2D eigenvalue weighted by Gasteiger charge is -2.42. The van der Waals surface area contributed by atoms with Crippen molar-refractivity contribution in [2.45, 2.75) is 131 Å². The second-order valence-corrected chi connectivity index (χ2v) is 15.6. The van der Waals surface area contributed by atoms with Gasteiger partial charge in [-0.3, -0.25) is 0 Å². The van der Waals surface area contributed by atoms with Crippen molar-refractivity contribution < 1.29 is 26.6 Å². The van der Waals surface area contributed by atoms with Crippen LogP contribution < -0.4 is 0 Å². The van der Waals surface area contributed by atoms with Gasteiger partial charge in [-0.05, 0) is 38.5 Å². The molecule has 0 bridgehead atoms. The molecule has 0 fully saturated rings. The van der Waals surface area contributed by atoms with E-state index in [2.05, 4.69) is 48.5 Å². The van der Waals surface area contributed by atoms with E-state index in [-0.39, 0.29) is 5.16 Å². The van der Waals surface area contributed by atoms with Gasteiger partial charge in [0.15, 0.2) is 0 Å². The highest BCUT2D eigenvalue weighted by Crippen LogP contribution is 2.38. The Hall–Kier alpha value is 0.194. The minimum atomic E-state index is -3.14. The zero-order valence-corrected chi connectivity index (χ0v) is 25.8. The van der Waals surface area contributed by atoms with Crippen LogP contribution in [0.1, 0.15) is 126 Å². The third-order valence-corrected chi connectivity index (χ3v) is 13.7. The van der Waals surface area contributed by atoms with Crippen LogP contribution >= 0.6 is 0 Å². The largest absolute Gasteiger partial charge is 0.508 e. The van der Waals surface area contributed by atoms with E-state index in [0.717, 1.165) is 77.0 Å². The fourth-order valence-electron chi connectivity index (χ4n) is 3.37. The highest BCUT2D eigenvalue weighted by atomic mass is 28.5. The summed E-state index contributed by atoms with van der Waals surface area (Å²) in [4.78, 5) is 0. The van der Waals surface area contributed by atoms with Crippen molar-refractivity contribution in [3.8, 4) is 0 Å². The van der Waals surface area contributed by atoms with Crippen molar-refractivity contribution in [2.75, 3.05) is 39.6 Å². The van der Waals surface area contributed by atoms with Gasteiger partial charge in [-0.15, -0.1) is 0 Å². The summed E-state index contributed by atoms with van der Waals surface area (Å²) in [7, 11) is -6.28. The van der Waals surface area contributed by atoms with Crippen LogP contribution in [0.2, 0.25) is 5.16 Å². The second-order valence-electron chi connectivity index (χ2n) is 9.14. The van der Waals surface area contributed by atoms with Crippen molar-refractivity contribution in [2.24, 2.45) is 0 Å². The van der Waals surface area contributed by atoms with Crippen molar-refractivity contribution in [1.29, 1.82) is 0 Å². The minimum Gasteiger partial charge on any atom is -0.373 e. The van der Waals surface area contributed by atoms with Gasteiger partial charge >= 0.3 is 17.6 Å². The molecule has 0 heterocycles. The van der Waals surface area contributed by atoms with Gasteiger partial charge in [0.25, 0.3) is 0 Å². The lowest BCUT2D eigenvalue weighted by Crippen LogP contribution is -2.63. The quantitative estimate of drug-likeness (QED) is 0.0857. The van der Waals surface area contributed by atoms with E-state index in [1.807, 2.05) is 0 Å². The normalized spacial score (nSPS) is 12.7. The number of rotatable bonds is 26. The Kier molecular flexibility index (Phi) is 22.5. The number of hydrogen-bond acceptors (Lipinski definition) is 6. The summed E-state index contributed by atoms with van der Waals surface area (Å²) < 4.78 is 39.8. The van der Waals surface area contributed by atoms with Crippen molar-refractivity contribution >= 4 is 17.6 Å². The minimum absolute atomic E-state index is 0.170. The first-order chi connectivity index (χ1) is 16.5. The average Bonchev–Trinajstić information content (AvgIpc) is 2.84. The third-order valence-electron chi connectivity index (χ3n) is 5.87. The van der Waals surface area contributed by atoms with Crippen molar-refractivity contribution in [1.82, 2.24) is 0 Å². The summed E-state index contributed by atoms with van der Waals surface area (Å²) in [5.41, 5.74) is 0. The smallest absolute Gasteiger partial charge is 0.373 e. The van der Waals surface area contributed by atoms with Crippen LogP contribution in [0.15, 0.2) is 0 Å². The van der Waals surface area contributed by atoms with Gasteiger partial charge in [0.1, 0.15) is 0 Å². The van der Waals surface area contributed by atoms with Gasteiger partial charge < -0.3 is 26.6 Å². The maximum atomic E-state index is 6.64. The Balaban J connectivity index is 6.21. The summed E-state index contributed by atoms with van der Waals surface area (Å²) in [5.74, 6) is 0. The predicted octanol–water partition coefficient (Wildman–Crippen LogP) is 7.69. The van der Waals surface area contributed by atoms with Crippen LogP contribution in [0.4, 0.5) is 0 Å². The molecule has 0 N–H and O–H groups in total. The van der Waals surface area contributed by atoms with E-state index in [1.165, 1.54) is 0 Å². The van der Waals surface area contributed by atoms with Crippen LogP contribution in [0, 0.1) is 0 Å². The zero-order chi connectivity index (χ0) is 25.5. The Bertz CT molecular complexity index is 350. The summed E-state index contributed by atoms with van der Waals surface area (Å²) >= 11 is 0. The molecule has 0 aromatic carbocycles. The first kappa shape index (κ1) is 34.2. The molecule has 0 spiro atoms. The SMILES string of the molecule is CCCCO[Si](OCCCC)(OCCCC)C(C)[Si](OCCCC)(OCCCC)OCCCC. The fourth-order valence-corrected chi connectivity index (χ4v) is 11.2. The molecule has 0 rings (SSSR count). The third kappa shape index (κ3) is 13.5. The average molecular weight is 523 g/mol. The van der Waals surface area contributed by atoms with E-state index >= 15 is 0 Å². The van der Waals surface area contributed by atoms with Gasteiger partial charge in [0, 0.05) is 39.6 Å². The summed E-state index contributed by atoms with van der Waals surface area (Å²) in [6.07, 6.45) is 12.3. The lowest BCUT2D eigenvalue weighted by molar-refractivity contribution is 0.0215. The molecule has 6 nitrogen and oxygen atoms in total. The number of unbranched alkanes of at least 4 members (excludes halogenated alkanes) is 6. The molecular weight excluding hydrogens is 464 g/mol. The lowest BCUT2D eigenvalue weighted by atomic mass is 10.4. The topological polar surface area (TPSA) is 55.4 Å². The molecule has 0 aliphatic rings. The zero-order valence-electron chi connectivity index (χ0n) is 23.8. The molecule has 0 aromatic rings. The molecule has 0 radical (unpaired) electrons. The maximum absolute atomic E-state index is 6.64. The Morgan fingerprint density at radius 1 is 0.382 bits per heavy atom. The summed E-state index contributed by atoms with van der Waals surface area (Å²) in [6.45, 7) is 19.0. The first-order valence-corrected chi connectivity index (χ1v) is 18.0. The van der Waals surface area contributed by atoms with Crippen molar-refractivity contribution in [3.05, 3.63) is 0 Å². The first-order valence-electron chi connectivity index (χ1n) is 14.4. The molecule has 0 aromatic heterocycles. The van der Waals surface area contributed by atoms with Crippen LogP contribution in [-0.4, -0.2) is 57.3 Å². The molecule has 0 saturated heterocycles. The van der Waals surface area contributed by atoms with Crippen LogP contribution in [0.3, 0.4) is 0 Å². The van der Waals surface area contributed by atoms with Gasteiger partial charge in [0.2, 0.25) is 0 Å². The van der Waals surface area contributed by atoms with Gasteiger partial charge in [-0.2, -0.15) is 0 Å². The molecule has 0 aliphatic heterocycles. The van der Waals surface area contributed by atoms with Crippen LogP contribution in [-0.2, 0) is 26.6 Å². The van der Waals surface area contributed by atoms with Gasteiger partial charge in [-0.1, -0.05) is 87.0 Å². The molecule has 0 amide bonds. The van der Waals surface area contributed by atoms with Gasteiger partial charge in [-0.25, -0.2) is 0 Å². The maximum Gasteiger partial charge on any atom is 0.508 e. The number of hydrogen-bond donors (Lipinski definition) is 0. The Morgan fingerprint density at radius 3 is 0.706 bits per heavy atom. The standard InChI is InChI=1S/C26H58O6Si2/c1-8-14-20-27-33(28-21-15-9-2,29-22-16-10-3)26(7)34(30-23-17-11-4,31-24-18-12-5)32-25-19-13-6/h26H,8-25H2,1-7H3. The van der Waals surface area contributed by atoms with Gasteiger partial charge in [0.05, 0.1) is 5.16 Å². The molecule has 0 unspecified atom stereocenters. The second kappa shape index (κ2) is 22.4. The van der Waals surface area contributed by atoms with Crippen molar-refractivity contribution in [3.63, 3.8) is 0 Å². The summed E-state index contributed by atoms with van der Waals surface area (Å²) in [5, 5.41) is -0.170. The van der Waals surface area contributed by atoms with E-state index in [1.54, 1.807) is 0 Å². The van der Waals surface area contributed by atoms with E-state index in [4.69, 9.17) is 26.6 Å². The monoisotopic (exact) mass is 522 g/mol. The highest BCUT2D eigenvalue weighted by molar-refractivity contribution is 6.82. The van der Waals surface area contributed by atoms with Crippen LogP contribution in [0.25, 0.3) is 0 Å².